The van der Waals surface area contributed by atoms with Gasteiger partial charge >= 0.3 is 0 Å². The zero-order valence-electron chi connectivity index (χ0n) is 17.9. The Morgan fingerprint density at radius 2 is 1.13 bits per heavy atom. The van der Waals surface area contributed by atoms with Gasteiger partial charge in [-0.25, -0.2) is 0 Å². The van der Waals surface area contributed by atoms with Crippen molar-refractivity contribution in [2.45, 2.75) is 19.8 Å². The molecule has 5 aromatic carbocycles. The van der Waals surface area contributed by atoms with Crippen molar-refractivity contribution in [3.05, 3.63) is 143 Å². The maximum absolute atomic E-state index is 2.41. The van der Waals surface area contributed by atoms with Gasteiger partial charge in [-0.3, -0.25) is 0 Å². The molecule has 0 amide bonds. The summed E-state index contributed by atoms with van der Waals surface area (Å²) in [6.45, 7) is 2.22. The van der Waals surface area contributed by atoms with E-state index in [0.29, 0.717) is 0 Å². The van der Waals surface area contributed by atoms with Gasteiger partial charge in [0.15, 0.2) is 0 Å². The van der Waals surface area contributed by atoms with E-state index in [-0.39, 0.29) is 0 Å². The van der Waals surface area contributed by atoms with E-state index in [9.17, 15) is 0 Å². The van der Waals surface area contributed by atoms with Crippen LogP contribution < -0.4 is 0 Å². The number of hydrogen-bond donors (Lipinski definition) is 0. The van der Waals surface area contributed by atoms with Crippen LogP contribution in [-0.4, -0.2) is 0 Å². The molecule has 150 valence electrons. The van der Waals surface area contributed by atoms with Crippen LogP contribution in [0, 0.1) is 6.92 Å². The first-order valence-electron chi connectivity index (χ1n) is 11.0. The Balaban J connectivity index is 1.80. The lowest BCUT2D eigenvalue weighted by Crippen LogP contribution is -2.02. The van der Waals surface area contributed by atoms with Gasteiger partial charge in [0.25, 0.3) is 0 Å². The summed E-state index contributed by atoms with van der Waals surface area (Å²) >= 11 is 0. The number of aryl methyl sites for hydroxylation is 1. The predicted molar refractivity (Wildman–Crippen MR) is 133 cm³/mol. The summed E-state index contributed by atoms with van der Waals surface area (Å²) in [5.74, 6) is 0. The van der Waals surface area contributed by atoms with Crippen LogP contribution in [-0.2, 0) is 12.8 Å². The first-order chi connectivity index (χ1) is 15.3. The highest BCUT2D eigenvalue weighted by Crippen LogP contribution is 2.38. The Morgan fingerprint density at radius 3 is 1.84 bits per heavy atom. The van der Waals surface area contributed by atoms with Gasteiger partial charge in [-0.15, -0.1) is 0 Å². The van der Waals surface area contributed by atoms with Crippen LogP contribution in [0.4, 0.5) is 0 Å². The predicted octanol–water partition coefficient (Wildman–Crippen LogP) is 8.00. The fraction of sp³-hybridized carbons (Fsp3) is 0.0968. The summed E-state index contributed by atoms with van der Waals surface area (Å²) < 4.78 is 0. The summed E-state index contributed by atoms with van der Waals surface area (Å²) in [6.07, 6.45) is 1.87. The van der Waals surface area contributed by atoms with Gasteiger partial charge in [0.05, 0.1) is 0 Å². The minimum atomic E-state index is 0.928. The summed E-state index contributed by atoms with van der Waals surface area (Å²) in [5.41, 5.74) is 9.57. The number of rotatable bonds is 5. The molecule has 5 rings (SSSR count). The largest absolute Gasteiger partial charge is 0.0622 e. The molecule has 0 heterocycles. The summed E-state index contributed by atoms with van der Waals surface area (Å²) in [7, 11) is 0. The summed E-state index contributed by atoms with van der Waals surface area (Å²) in [4.78, 5) is 0. The average Bonchev–Trinajstić information content (AvgIpc) is 2.81. The molecule has 0 unspecified atom stereocenters. The molecule has 0 N–H and O–H groups in total. The van der Waals surface area contributed by atoms with Crippen LogP contribution >= 0.6 is 0 Å². The normalized spacial score (nSPS) is 11.0. The Morgan fingerprint density at radius 1 is 0.548 bits per heavy atom. The first kappa shape index (κ1) is 19.3. The zero-order chi connectivity index (χ0) is 21.0. The van der Waals surface area contributed by atoms with Crippen molar-refractivity contribution in [1.29, 1.82) is 0 Å². The Labute approximate surface area is 184 Å². The van der Waals surface area contributed by atoms with Gasteiger partial charge in [-0.05, 0) is 69.5 Å². The van der Waals surface area contributed by atoms with Crippen LogP contribution in [0.3, 0.4) is 0 Å². The van der Waals surface area contributed by atoms with Crippen molar-refractivity contribution in [3.8, 4) is 11.1 Å². The molecule has 0 bridgehead atoms. The third kappa shape index (κ3) is 4.02. The second kappa shape index (κ2) is 8.62. The lowest BCUT2D eigenvalue weighted by Gasteiger charge is -2.20. The van der Waals surface area contributed by atoms with Crippen LogP contribution in [0.25, 0.3) is 21.9 Å². The van der Waals surface area contributed by atoms with E-state index in [2.05, 4.69) is 122 Å². The second-order valence-corrected chi connectivity index (χ2v) is 8.25. The maximum Gasteiger partial charge on any atom is -0.00165 e. The van der Waals surface area contributed by atoms with Crippen LogP contribution in [0.2, 0.25) is 0 Å². The lowest BCUT2D eigenvalue weighted by molar-refractivity contribution is 1.10. The highest BCUT2D eigenvalue weighted by atomic mass is 14.2. The van der Waals surface area contributed by atoms with Gasteiger partial charge < -0.3 is 0 Å². The number of fused-ring (bicyclic) bond motifs is 1. The van der Waals surface area contributed by atoms with Crippen molar-refractivity contribution >= 4 is 10.8 Å². The molecule has 5 aromatic rings. The minimum Gasteiger partial charge on any atom is -0.0622 e. The molecule has 0 heteroatoms. The Hall–Kier alpha value is -3.64. The zero-order valence-corrected chi connectivity index (χ0v) is 17.9. The Bertz CT molecular complexity index is 1310. The number of benzene rings is 5. The maximum atomic E-state index is 2.41. The van der Waals surface area contributed by atoms with Gasteiger partial charge in [0, 0.05) is 0 Å². The van der Waals surface area contributed by atoms with Crippen molar-refractivity contribution < 1.29 is 0 Å². The lowest BCUT2D eigenvalue weighted by atomic mass is 9.83. The van der Waals surface area contributed by atoms with E-state index in [0.717, 1.165) is 12.8 Å². The first-order valence-corrected chi connectivity index (χ1v) is 11.0. The van der Waals surface area contributed by atoms with Gasteiger partial charge in [-0.1, -0.05) is 115 Å². The topological polar surface area (TPSA) is 0 Å². The molecular weight excluding hydrogens is 372 g/mol. The molecule has 31 heavy (non-hydrogen) atoms. The molecule has 0 aliphatic rings. The van der Waals surface area contributed by atoms with Crippen molar-refractivity contribution in [3.63, 3.8) is 0 Å². The highest BCUT2D eigenvalue weighted by Gasteiger charge is 2.17. The Kier molecular flexibility index (Phi) is 5.37. The van der Waals surface area contributed by atoms with Crippen LogP contribution in [0.5, 0.6) is 0 Å². The van der Waals surface area contributed by atoms with Gasteiger partial charge in [0.2, 0.25) is 0 Å². The standard InChI is InChI=1S/C31H26/c1-23-12-8-10-18-28(23)31-29-19-11-9-17-26(29)22-27(20-24-13-4-2-5-14-24)30(31)21-25-15-6-3-7-16-25/h2-19,22H,20-21H2,1H3. The van der Waals surface area contributed by atoms with Gasteiger partial charge in [-0.2, -0.15) is 0 Å². The fourth-order valence-electron chi connectivity index (χ4n) is 4.58. The third-order valence-electron chi connectivity index (χ3n) is 6.12. The number of hydrogen-bond acceptors (Lipinski definition) is 0. The highest BCUT2D eigenvalue weighted by molar-refractivity contribution is 6.00. The molecule has 0 nitrogen and oxygen atoms in total. The molecule has 0 radical (unpaired) electrons. The van der Waals surface area contributed by atoms with E-state index < -0.39 is 0 Å². The fourth-order valence-corrected chi connectivity index (χ4v) is 4.58. The third-order valence-corrected chi connectivity index (χ3v) is 6.12. The molecule has 0 atom stereocenters. The van der Waals surface area contributed by atoms with E-state index in [1.807, 2.05) is 0 Å². The average molecular weight is 399 g/mol. The summed E-state index contributed by atoms with van der Waals surface area (Å²) in [6, 6.07) is 41.7. The summed E-state index contributed by atoms with van der Waals surface area (Å²) in [5, 5.41) is 2.64. The molecule has 0 fully saturated rings. The van der Waals surface area contributed by atoms with Crippen molar-refractivity contribution in [1.82, 2.24) is 0 Å². The second-order valence-electron chi connectivity index (χ2n) is 8.25. The molecule has 0 aliphatic heterocycles. The molecule has 0 aromatic heterocycles. The van der Waals surface area contributed by atoms with Crippen LogP contribution in [0.15, 0.2) is 115 Å². The molecule has 0 saturated heterocycles. The molecule has 0 aliphatic carbocycles. The molecule has 0 spiro atoms. The molecule has 0 saturated carbocycles. The quantitative estimate of drug-likeness (QED) is 0.281. The minimum absolute atomic E-state index is 0.928. The van der Waals surface area contributed by atoms with Crippen molar-refractivity contribution in [2.24, 2.45) is 0 Å². The van der Waals surface area contributed by atoms with E-state index in [4.69, 9.17) is 0 Å². The van der Waals surface area contributed by atoms with E-state index in [1.165, 1.54) is 49.7 Å². The van der Waals surface area contributed by atoms with E-state index in [1.54, 1.807) is 0 Å². The monoisotopic (exact) mass is 398 g/mol. The van der Waals surface area contributed by atoms with Gasteiger partial charge in [0.1, 0.15) is 0 Å². The molecular formula is C31H26. The van der Waals surface area contributed by atoms with E-state index >= 15 is 0 Å². The SMILES string of the molecule is Cc1ccccc1-c1c(Cc2ccccc2)c(Cc2ccccc2)cc2ccccc12. The smallest absolute Gasteiger partial charge is 0.00165 e. The van der Waals surface area contributed by atoms with Crippen molar-refractivity contribution in [2.75, 3.05) is 0 Å². The van der Waals surface area contributed by atoms with Crippen LogP contribution in [0.1, 0.15) is 27.8 Å².